The number of hydrogen-bond acceptors (Lipinski definition) is 3. The molecule has 0 amide bonds. The van der Waals surface area contributed by atoms with Crippen LogP contribution in [0.25, 0.3) is 11.1 Å². The largest absolute Gasteiger partial charge is 0.507 e. The Kier molecular flexibility index (Phi) is 2.88. The van der Waals surface area contributed by atoms with Gasteiger partial charge in [0.05, 0.1) is 5.56 Å². The Hall–Kier alpha value is -1.87. The van der Waals surface area contributed by atoms with E-state index >= 15 is 0 Å². The first kappa shape index (κ1) is 10.6. The average Bonchev–Trinajstić information content (AvgIpc) is 2.31. The van der Waals surface area contributed by atoms with Gasteiger partial charge >= 0.3 is 0 Å². The number of carbonyl (C=O) groups excluding carboxylic acids is 1. The zero-order valence-electron chi connectivity index (χ0n) is 8.22. The van der Waals surface area contributed by atoms with E-state index in [0.29, 0.717) is 11.4 Å². The third kappa shape index (κ3) is 1.90. The van der Waals surface area contributed by atoms with Gasteiger partial charge in [0, 0.05) is 11.8 Å². The zero-order valence-corrected chi connectivity index (χ0v) is 8.98. The molecule has 0 aliphatic heterocycles. The summed E-state index contributed by atoms with van der Waals surface area (Å²) in [5, 5.41) is 9.74. The summed E-state index contributed by atoms with van der Waals surface area (Å²) in [6.45, 7) is 0. The van der Waals surface area contributed by atoms with Gasteiger partial charge in [0.2, 0.25) is 0 Å². The van der Waals surface area contributed by atoms with Crippen LogP contribution in [0.4, 0.5) is 0 Å². The van der Waals surface area contributed by atoms with Crippen LogP contribution in [-0.4, -0.2) is 16.4 Å². The molecule has 16 heavy (non-hydrogen) atoms. The number of aromatic hydroxyl groups is 1. The second kappa shape index (κ2) is 4.33. The van der Waals surface area contributed by atoms with Crippen molar-refractivity contribution in [1.29, 1.82) is 0 Å². The van der Waals surface area contributed by atoms with Gasteiger partial charge in [0.25, 0.3) is 0 Å². The molecule has 2 rings (SSSR count). The van der Waals surface area contributed by atoms with E-state index in [4.69, 9.17) is 11.6 Å². The summed E-state index contributed by atoms with van der Waals surface area (Å²) < 4.78 is 0. The smallest absolute Gasteiger partial charge is 0.153 e. The molecule has 0 fully saturated rings. The van der Waals surface area contributed by atoms with E-state index in [2.05, 4.69) is 4.98 Å². The predicted octanol–water partition coefficient (Wildman–Crippen LogP) is 2.92. The second-order valence-corrected chi connectivity index (χ2v) is 3.59. The lowest BCUT2D eigenvalue weighted by molar-refractivity contribution is 0.112. The molecule has 0 unspecified atom stereocenters. The first-order valence-corrected chi connectivity index (χ1v) is 4.99. The SMILES string of the molecule is O=Cc1cc(-c2cccnc2Cl)ccc1O. The molecule has 80 valence electrons. The van der Waals surface area contributed by atoms with Gasteiger partial charge in [-0.05, 0) is 29.8 Å². The first-order chi connectivity index (χ1) is 7.72. The Morgan fingerprint density at radius 1 is 1.31 bits per heavy atom. The van der Waals surface area contributed by atoms with E-state index in [9.17, 15) is 9.90 Å². The van der Waals surface area contributed by atoms with Crippen LogP contribution < -0.4 is 0 Å². The molecule has 0 bridgehead atoms. The van der Waals surface area contributed by atoms with Gasteiger partial charge in [-0.25, -0.2) is 4.98 Å². The summed E-state index contributed by atoms with van der Waals surface area (Å²) in [4.78, 5) is 14.6. The quantitative estimate of drug-likeness (QED) is 0.641. The third-order valence-electron chi connectivity index (χ3n) is 2.22. The van der Waals surface area contributed by atoms with Crippen molar-refractivity contribution < 1.29 is 9.90 Å². The summed E-state index contributed by atoms with van der Waals surface area (Å²) >= 11 is 5.93. The van der Waals surface area contributed by atoms with E-state index in [-0.39, 0.29) is 11.3 Å². The Labute approximate surface area is 97.3 Å². The number of carbonyl (C=O) groups is 1. The van der Waals surface area contributed by atoms with Crippen LogP contribution in [0.15, 0.2) is 36.5 Å². The molecule has 0 aliphatic carbocycles. The topological polar surface area (TPSA) is 50.2 Å². The Morgan fingerprint density at radius 2 is 2.12 bits per heavy atom. The second-order valence-electron chi connectivity index (χ2n) is 3.23. The van der Waals surface area contributed by atoms with Crippen LogP contribution in [0, 0.1) is 0 Å². The number of phenols is 1. The number of hydrogen-bond donors (Lipinski definition) is 1. The number of aromatic nitrogens is 1. The predicted molar refractivity (Wildman–Crippen MR) is 61.7 cm³/mol. The van der Waals surface area contributed by atoms with E-state index in [1.807, 2.05) is 0 Å². The van der Waals surface area contributed by atoms with Crippen molar-refractivity contribution in [2.75, 3.05) is 0 Å². The normalized spacial score (nSPS) is 10.1. The molecule has 0 saturated carbocycles. The monoisotopic (exact) mass is 233 g/mol. The molecule has 0 saturated heterocycles. The Balaban J connectivity index is 2.57. The fourth-order valence-corrected chi connectivity index (χ4v) is 1.65. The summed E-state index contributed by atoms with van der Waals surface area (Å²) in [5.41, 5.74) is 1.71. The lowest BCUT2D eigenvalue weighted by Crippen LogP contribution is -1.86. The highest BCUT2D eigenvalue weighted by Crippen LogP contribution is 2.28. The minimum absolute atomic E-state index is 0.0428. The number of benzene rings is 1. The van der Waals surface area contributed by atoms with Gasteiger partial charge in [-0.15, -0.1) is 0 Å². The lowest BCUT2D eigenvalue weighted by Gasteiger charge is -2.05. The molecular formula is C12H8ClNO2. The van der Waals surface area contributed by atoms with Gasteiger partial charge in [-0.2, -0.15) is 0 Å². The molecule has 1 N–H and O–H groups in total. The fraction of sp³-hybridized carbons (Fsp3) is 0. The van der Waals surface area contributed by atoms with Crippen LogP contribution in [0.2, 0.25) is 5.15 Å². The molecule has 0 atom stereocenters. The van der Waals surface area contributed by atoms with Crippen molar-refractivity contribution in [3.8, 4) is 16.9 Å². The molecule has 1 aromatic carbocycles. The minimum Gasteiger partial charge on any atom is -0.507 e. The van der Waals surface area contributed by atoms with Crippen LogP contribution in [-0.2, 0) is 0 Å². The molecule has 0 aliphatic rings. The molecule has 1 heterocycles. The number of nitrogens with zero attached hydrogens (tertiary/aromatic N) is 1. The molecule has 0 radical (unpaired) electrons. The average molecular weight is 234 g/mol. The number of aldehydes is 1. The summed E-state index contributed by atoms with van der Waals surface area (Å²) in [7, 11) is 0. The highest BCUT2D eigenvalue weighted by Gasteiger charge is 2.06. The molecular weight excluding hydrogens is 226 g/mol. The zero-order chi connectivity index (χ0) is 11.5. The van der Waals surface area contributed by atoms with Crippen LogP contribution in [0.3, 0.4) is 0 Å². The van der Waals surface area contributed by atoms with E-state index in [1.54, 1.807) is 30.5 Å². The van der Waals surface area contributed by atoms with Gasteiger partial charge in [0.1, 0.15) is 10.9 Å². The van der Waals surface area contributed by atoms with Crippen molar-refractivity contribution in [1.82, 2.24) is 4.98 Å². The number of halogens is 1. The van der Waals surface area contributed by atoms with Crippen LogP contribution in [0.1, 0.15) is 10.4 Å². The van der Waals surface area contributed by atoms with E-state index < -0.39 is 0 Å². The van der Waals surface area contributed by atoms with E-state index in [0.717, 1.165) is 11.1 Å². The van der Waals surface area contributed by atoms with Gasteiger partial charge in [-0.1, -0.05) is 17.7 Å². The molecule has 0 spiro atoms. The molecule has 4 heteroatoms. The first-order valence-electron chi connectivity index (χ1n) is 4.61. The highest BCUT2D eigenvalue weighted by atomic mass is 35.5. The number of rotatable bonds is 2. The summed E-state index contributed by atoms with van der Waals surface area (Å²) in [5.74, 6) is -0.0428. The van der Waals surface area contributed by atoms with Gasteiger partial charge < -0.3 is 5.11 Å². The molecule has 3 nitrogen and oxygen atoms in total. The number of phenolic OH excluding ortho intramolecular Hbond substituents is 1. The fourth-order valence-electron chi connectivity index (χ4n) is 1.42. The van der Waals surface area contributed by atoms with Crippen molar-refractivity contribution >= 4 is 17.9 Å². The maximum absolute atomic E-state index is 10.7. The van der Waals surface area contributed by atoms with Gasteiger partial charge in [-0.3, -0.25) is 4.79 Å². The standard InChI is InChI=1S/C12H8ClNO2/c13-12-10(2-1-5-14-12)8-3-4-11(16)9(6-8)7-15/h1-7,16H. The minimum atomic E-state index is -0.0428. The maximum atomic E-state index is 10.7. The van der Waals surface area contributed by atoms with Crippen molar-refractivity contribution in [2.45, 2.75) is 0 Å². The van der Waals surface area contributed by atoms with E-state index in [1.165, 1.54) is 6.07 Å². The lowest BCUT2D eigenvalue weighted by atomic mass is 10.0. The van der Waals surface area contributed by atoms with Crippen molar-refractivity contribution in [3.63, 3.8) is 0 Å². The third-order valence-corrected chi connectivity index (χ3v) is 2.53. The molecule has 2 aromatic rings. The number of pyridine rings is 1. The van der Waals surface area contributed by atoms with Crippen LogP contribution >= 0.6 is 11.6 Å². The Bertz CT molecular complexity index is 540. The van der Waals surface area contributed by atoms with Crippen LogP contribution in [0.5, 0.6) is 5.75 Å². The summed E-state index contributed by atoms with van der Waals surface area (Å²) in [6.07, 6.45) is 2.19. The highest BCUT2D eigenvalue weighted by molar-refractivity contribution is 6.32. The van der Waals surface area contributed by atoms with Crippen molar-refractivity contribution in [3.05, 3.63) is 47.2 Å². The maximum Gasteiger partial charge on any atom is 0.153 e. The summed E-state index contributed by atoms with van der Waals surface area (Å²) in [6, 6.07) is 8.28. The molecule has 1 aromatic heterocycles. The van der Waals surface area contributed by atoms with Gasteiger partial charge in [0.15, 0.2) is 6.29 Å². The Morgan fingerprint density at radius 3 is 2.81 bits per heavy atom. The van der Waals surface area contributed by atoms with Crippen molar-refractivity contribution in [2.24, 2.45) is 0 Å².